The van der Waals surface area contributed by atoms with Crippen LogP contribution in [0.3, 0.4) is 0 Å². The normalized spacial score (nSPS) is 10.7. The minimum absolute atomic E-state index is 0.155. The second-order valence-electron chi connectivity index (χ2n) is 5.74. The summed E-state index contributed by atoms with van der Waals surface area (Å²) >= 11 is 6.02. The number of hydrogen-bond donors (Lipinski definition) is 2. The molecule has 0 aliphatic carbocycles. The molecule has 2 amide bonds. The van der Waals surface area contributed by atoms with Crippen LogP contribution < -0.4 is 10.6 Å². The molecule has 0 saturated carbocycles. The number of carbonyl (C=O) groups is 2. The fourth-order valence-corrected chi connectivity index (χ4v) is 2.56. The molecule has 3 rings (SSSR count). The molecule has 2 heterocycles. The van der Waals surface area contributed by atoms with E-state index in [1.165, 1.54) is 0 Å². The van der Waals surface area contributed by atoms with Crippen LogP contribution in [0.2, 0.25) is 5.02 Å². The number of amides is 2. The second kappa shape index (κ2) is 6.94. The van der Waals surface area contributed by atoms with Crippen molar-refractivity contribution in [2.75, 3.05) is 11.9 Å². The Morgan fingerprint density at radius 2 is 2.04 bits per heavy atom. The van der Waals surface area contributed by atoms with E-state index in [4.69, 9.17) is 11.6 Å². The van der Waals surface area contributed by atoms with Crippen molar-refractivity contribution in [2.45, 2.75) is 13.8 Å². The van der Waals surface area contributed by atoms with Gasteiger partial charge in [-0.2, -0.15) is 0 Å². The van der Waals surface area contributed by atoms with Crippen LogP contribution in [0, 0.1) is 13.8 Å². The zero-order valence-electron chi connectivity index (χ0n) is 13.8. The van der Waals surface area contributed by atoms with Gasteiger partial charge in [-0.15, -0.1) is 0 Å². The van der Waals surface area contributed by atoms with E-state index in [-0.39, 0.29) is 18.1 Å². The van der Waals surface area contributed by atoms with Crippen LogP contribution in [-0.4, -0.2) is 27.7 Å². The third kappa shape index (κ3) is 3.80. The molecule has 1 aromatic carbocycles. The zero-order chi connectivity index (χ0) is 18.0. The van der Waals surface area contributed by atoms with Gasteiger partial charge in [-0.3, -0.25) is 9.59 Å². The molecular formula is C18H17ClN4O2. The fraction of sp³-hybridized carbons (Fsp3) is 0.167. The number of benzene rings is 1. The van der Waals surface area contributed by atoms with Crippen molar-refractivity contribution in [1.82, 2.24) is 14.7 Å². The number of carbonyl (C=O) groups excluding carboxylic acids is 2. The fourth-order valence-electron chi connectivity index (χ4n) is 2.38. The number of anilines is 1. The van der Waals surface area contributed by atoms with Crippen LogP contribution in [0.4, 0.5) is 5.69 Å². The molecule has 6 nitrogen and oxygen atoms in total. The van der Waals surface area contributed by atoms with E-state index < -0.39 is 5.91 Å². The number of pyridine rings is 1. The van der Waals surface area contributed by atoms with E-state index in [0.29, 0.717) is 16.4 Å². The van der Waals surface area contributed by atoms with Gasteiger partial charge in [0.25, 0.3) is 5.91 Å². The predicted octanol–water partition coefficient (Wildman–Crippen LogP) is 2.97. The molecule has 7 heteroatoms. The molecule has 0 fully saturated rings. The smallest absolute Gasteiger partial charge is 0.271 e. The third-order valence-electron chi connectivity index (χ3n) is 3.80. The Hall–Kier alpha value is -2.86. The van der Waals surface area contributed by atoms with Gasteiger partial charge < -0.3 is 15.0 Å². The summed E-state index contributed by atoms with van der Waals surface area (Å²) in [5.74, 6) is -0.738. The van der Waals surface area contributed by atoms with Crippen LogP contribution in [0.15, 0.2) is 42.7 Å². The van der Waals surface area contributed by atoms with Crippen molar-refractivity contribution in [1.29, 1.82) is 0 Å². The predicted molar refractivity (Wildman–Crippen MR) is 97.1 cm³/mol. The van der Waals surface area contributed by atoms with Crippen molar-refractivity contribution >= 4 is 34.7 Å². The van der Waals surface area contributed by atoms with Gasteiger partial charge in [0.2, 0.25) is 5.91 Å². The Balaban J connectivity index is 1.63. The van der Waals surface area contributed by atoms with Crippen LogP contribution >= 0.6 is 11.6 Å². The summed E-state index contributed by atoms with van der Waals surface area (Å²) in [6.07, 6.45) is 3.46. The highest BCUT2D eigenvalue weighted by Gasteiger charge is 2.13. The largest absolute Gasteiger partial charge is 0.342 e. The maximum Gasteiger partial charge on any atom is 0.271 e. The van der Waals surface area contributed by atoms with Gasteiger partial charge in [0.1, 0.15) is 11.3 Å². The molecule has 0 spiro atoms. The molecule has 2 aromatic heterocycles. The number of hydrogen-bond acceptors (Lipinski definition) is 3. The number of fused-ring (bicyclic) bond motifs is 1. The van der Waals surface area contributed by atoms with E-state index >= 15 is 0 Å². The number of aryl methyl sites for hydroxylation is 1. The SMILES string of the molecule is Cc1ccn2cc(C(=O)NCC(=O)Nc3cccc(Cl)c3C)nc2c1. The number of rotatable bonds is 4. The van der Waals surface area contributed by atoms with E-state index in [0.717, 1.165) is 11.1 Å². The van der Waals surface area contributed by atoms with Crippen molar-refractivity contribution in [2.24, 2.45) is 0 Å². The topological polar surface area (TPSA) is 75.5 Å². The van der Waals surface area contributed by atoms with Crippen molar-refractivity contribution in [3.05, 3.63) is 64.6 Å². The van der Waals surface area contributed by atoms with Crippen molar-refractivity contribution < 1.29 is 9.59 Å². The quantitative estimate of drug-likeness (QED) is 0.754. The lowest BCUT2D eigenvalue weighted by molar-refractivity contribution is -0.115. The molecule has 0 radical (unpaired) electrons. The Labute approximate surface area is 149 Å². The van der Waals surface area contributed by atoms with Crippen LogP contribution in [-0.2, 0) is 4.79 Å². The van der Waals surface area contributed by atoms with Gasteiger partial charge in [0.05, 0.1) is 6.54 Å². The van der Waals surface area contributed by atoms with Gasteiger partial charge in [-0.1, -0.05) is 17.7 Å². The first-order chi connectivity index (χ1) is 11.9. The van der Waals surface area contributed by atoms with Crippen LogP contribution in [0.25, 0.3) is 5.65 Å². The number of imidazole rings is 1. The van der Waals surface area contributed by atoms with Gasteiger partial charge in [-0.05, 0) is 49.2 Å². The molecule has 0 aliphatic heterocycles. The first kappa shape index (κ1) is 17.0. The second-order valence-corrected chi connectivity index (χ2v) is 6.15. The lowest BCUT2D eigenvalue weighted by Crippen LogP contribution is -2.33. The molecular weight excluding hydrogens is 340 g/mol. The van der Waals surface area contributed by atoms with Gasteiger partial charge in [0.15, 0.2) is 0 Å². The first-order valence-electron chi connectivity index (χ1n) is 7.72. The van der Waals surface area contributed by atoms with E-state index in [9.17, 15) is 9.59 Å². The lowest BCUT2D eigenvalue weighted by Gasteiger charge is -2.09. The third-order valence-corrected chi connectivity index (χ3v) is 4.21. The van der Waals surface area contributed by atoms with Gasteiger partial charge in [-0.25, -0.2) is 4.98 Å². The summed E-state index contributed by atoms with van der Waals surface area (Å²) in [5.41, 5.74) is 3.40. The Morgan fingerprint density at radius 3 is 2.84 bits per heavy atom. The molecule has 0 aliphatic rings. The van der Waals surface area contributed by atoms with Crippen molar-refractivity contribution in [3.63, 3.8) is 0 Å². The van der Waals surface area contributed by atoms with Crippen LogP contribution in [0.1, 0.15) is 21.6 Å². The first-order valence-corrected chi connectivity index (χ1v) is 8.10. The monoisotopic (exact) mass is 356 g/mol. The molecule has 0 bridgehead atoms. The average molecular weight is 357 g/mol. The number of nitrogens with one attached hydrogen (secondary N) is 2. The average Bonchev–Trinajstić information content (AvgIpc) is 3.00. The summed E-state index contributed by atoms with van der Waals surface area (Å²) in [6, 6.07) is 9.07. The highest BCUT2D eigenvalue weighted by atomic mass is 35.5. The lowest BCUT2D eigenvalue weighted by atomic mass is 10.2. The van der Waals surface area contributed by atoms with Crippen LogP contribution in [0.5, 0.6) is 0 Å². The van der Waals surface area contributed by atoms with E-state index in [2.05, 4.69) is 15.6 Å². The van der Waals surface area contributed by atoms with Gasteiger partial charge >= 0.3 is 0 Å². The number of halogens is 1. The van der Waals surface area contributed by atoms with Gasteiger partial charge in [0, 0.05) is 23.1 Å². The molecule has 2 N–H and O–H groups in total. The molecule has 25 heavy (non-hydrogen) atoms. The summed E-state index contributed by atoms with van der Waals surface area (Å²) in [4.78, 5) is 28.5. The summed E-state index contributed by atoms with van der Waals surface area (Å²) in [5, 5.41) is 5.87. The zero-order valence-corrected chi connectivity index (χ0v) is 14.6. The Morgan fingerprint density at radius 1 is 1.24 bits per heavy atom. The molecule has 3 aromatic rings. The molecule has 0 atom stereocenters. The Bertz CT molecular complexity index is 965. The number of nitrogens with zero attached hydrogens (tertiary/aromatic N) is 2. The molecule has 128 valence electrons. The van der Waals surface area contributed by atoms with E-state index in [1.807, 2.05) is 32.2 Å². The summed E-state index contributed by atoms with van der Waals surface area (Å²) in [6.45, 7) is 3.61. The summed E-state index contributed by atoms with van der Waals surface area (Å²) in [7, 11) is 0. The minimum Gasteiger partial charge on any atom is -0.342 e. The maximum atomic E-state index is 12.2. The van der Waals surface area contributed by atoms with E-state index in [1.54, 1.807) is 28.8 Å². The highest BCUT2D eigenvalue weighted by Crippen LogP contribution is 2.22. The highest BCUT2D eigenvalue weighted by molar-refractivity contribution is 6.31. The Kier molecular flexibility index (Phi) is 4.72. The van der Waals surface area contributed by atoms with Crippen molar-refractivity contribution in [3.8, 4) is 0 Å². The number of aromatic nitrogens is 2. The molecule has 0 saturated heterocycles. The maximum absolute atomic E-state index is 12.2. The standard InChI is InChI=1S/C18H17ClN4O2/c1-11-6-7-23-10-15(21-16(23)8-11)18(25)20-9-17(24)22-14-5-3-4-13(19)12(14)2/h3-8,10H,9H2,1-2H3,(H,20,25)(H,22,24). The minimum atomic E-state index is -0.403. The summed E-state index contributed by atoms with van der Waals surface area (Å²) < 4.78 is 1.76. The molecule has 0 unspecified atom stereocenters.